The minimum atomic E-state index is -0.850. The summed E-state index contributed by atoms with van der Waals surface area (Å²) < 4.78 is 11.2. The lowest BCUT2D eigenvalue weighted by Crippen LogP contribution is -2.42. The fourth-order valence-electron chi connectivity index (χ4n) is 3.34. The van der Waals surface area contributed by atoms with Crippen LogP contribution in [0.2, 0.25) is 0 Å². The van der Waals surface area contributed by atoms with Crippen molar-refractivity contribution in [1.29, 1.82) is 0 Å². The fraction of sp³-hybridized carbons (Fsp3) is 0.391. The molecular weight excluding hydrogens is 354 g/mol. The van der Waals surface area contributed by atoms with Gasteiger partial charge in [-0.2, -0.15) is 0 Å². The fourth-order valence-corrected chi connectivity index (χ4v) is 3.34. The van der Waals surface area contributed by atoms with Gasteiger partial charge in [0.2, 0.25) is 0 Å². The predicted molar refractivity (Wildman–Crippen MR) is 107 cm³/mol. The van der Waals surface area contributed by atoms with Gasteiger partial charge in [0.1, 0.15) is 17.9 Å². The molecule has 1 amide bonds. The van der Waals surface area contributed by atoms with Crippen molar-refractivity contribution in [3.63, 3.8) is 0 Å². The van der Waals surface area contributed by atoms with Crippen molar-refractivity contribution in [3.05, 3.63) is 65.7 Å². The molecule has 148 valence electrons. The third-order valence-electron chi connectivity index (χ3n) is 4.95. The van der Waals surface area contributed by atoms with Gasteiger partial charge < -0.3 is 14.8 Å². The highest BCUT2D eigenvalue weighted by molar-refractivity contribution is 5.94. The predicted octanol–water partition coefficient (Wildman–Crippen LogP) is 4.26. The molecule has 5 nitrogen and oxygen atoms in total. The van der Waals surface area contributed by atoms with Crippen LogP contribution in [0.1, 0.15) is 54.9 Å². The van der Waals surface area contributed by atoms with Crippen LogP contribution >= 0.6 is 0 Å². The maximum absolute atomic E-state index is 12.6. The van der Waals surface area contributed by atoms with Gasteiger partial charge in [-0.3, -0.25) is 4.79 Å². The monoisotopic (exact) mass is 381 g/mol. The molecule has 1 fully saturated rings. The molecule has 3 rings (SSSR count). The number of rotatable bonds is 7. The second-order valence-corrected chi connectivity index (χ2v) is 7.16. The van der Waals surface area contributed by atoms with Crippen molar-refractivity contribution >= 4 is 11.9 Å². The zero-order valence-electron chi connectivity index (χ0n) is 16.2. The minimum absolute atomic E-state index is 0.184. The molecule has 1 aliphatic rings. The van der Waals surface area contributed by atoms with Crippen LogP contribution in [-0.2, 0) is 16.1 Å². The van der Waals surface area contributed by atoms with Crippen molar-refractivity contribution in [3.8, 4) is 5.75 Å². The Morgan fingerprint density at radius 1 is 1.00 bits per heavy atom. The molecule has 2 aromatic carbocycles. The lowest BCUT2D eigenvalue weighted by molar-refractivity contribution is -0.130. The number of para-hydroxylation sites is 1. The molecular formula is C23H27NO4. The van der Waals surface area contributed by atoms with Crippen LogP contribution in [0, 0.1) is 0 Å². The number of nitrogens with one attached hydrogen (secondary N) is 1. The largest absolute Gasteiger partial charge is 0.488 e. The molecule has 1 atom stereocenters. The van der Waals surface area contributed by atoms with E-state index in [1.54, 1.807) is 31.2 Å². The van der Waals surface area contributed by atoms with E-state index in [0.717, 1.165) is 31.2 Å². The molecule has 0 bridgehead atoms. The normalized spacial score (nSPS) is 15.5. The van der Waals surface area contributed by atoms with Crippen molar-refractivity contribution in [2.75, 3.05) is 0 Å². The Balaban J connectivity index is 1.58. The highest BCUT2D eigenvalue weighted by Gasteiger charge is 2.24. The Morgan fingerprint density at radius 2 is 1.68 bits per heavy atom. The number of carbonyl (C=O) groups is 2. The van der Waals surface area contributed by atoms with E-state index in [2.05, 4.69) is 5.32 Å². The van der Waals surface area contributed by atoms with E-state index in [1.165, 1.54) is 6.42 Å². The van der Waals surface area contributed by atoms with Crippen molar-refractivity contribution in [1.82, 2.24) is 5.32 Å². The Hall–Kier alpha value is -2.82. The molecule has 0 spiro atoms. The van der Waals surface area contributed by atoms with Gasteiger partial charge in [0, 0.05) is 6.04 Å². The van der Waals surface area contributed by atoms with Gasteiger partial charge in [-0.1, -0.05) is 61.7 Å². The molecule has 0 radical (unpaired) electrons. The van der Waals surface area contributed by atoms with Crippen LogP contribution in [0.4, 0.5) is 0 Å². The Bertz CT molecular complexity index is 784. The van der Waals surface area contributed by atoms with Gasteiger partial charge >= 0.3 is 5.97 Å². The highest BCUT2D eigenvalue weighted by atomic mass is 16.5. The SMILES string of the molecule is CC(OC(=O)c1ccccc1OCc1ccccc1)C(=O)NC1CCCCC1. The summed E-state index contributed by atoms with van der Waals surface area (Å²) in [7, 11) is 0. The number of hydrogen-bond acceptors (Lipinski definition) is 4. The van der Waals surface area contributed by atoms with Gasteiger partial charge in [0.15, 0.2) is 6.10 Å². The Kier molecular flexibility index (Phi) is 7.06. The van der Waals surface area contributed by atoms with E-state index in [4.69, 9.17) is 9.47 Å². The molecule has 2 aromatic rings. The molecule has 1 unspecified atom stereocenters. The lowest BCUT2D eigenvalue weighted by atomic mass is 9.95. The van der Waals surface area contributed by atoms with Gasteiger partial charge in [0.05, 0.1) is 0 Å². The zero-order chi connectivity index (χ0) is 19.8. The van der Waals surface area contributed by atoms with Crippen LogP contribution < -0.4 is 10.1 Å². The summed E-state index contributed by atoms with van der Waals surface area (Å²) >= 11 is 0. The summed E-state index contributed by atoms with van der Waals surface area (Å²) in [6, 6.07) is 16.8. The lowest BCUT2D eigenvalue weighted by Gasteiger charge is -2.24. The molecule has 28 heavy (non-hydrogen) atoms. The average molecular weight is 381 g/mol. The van der Waals surface area contributed by atoms with Gasteiger partial charge in [-0.25, -0.2) is 4.79 Å². The van der Waals surface area contributed by atoms with Gasteiger partial charge in [0.25, 0.3) is 5.91 Å². The topological polar surface area (TPSA) is 64.6 Å². The molecule has 0 heterocycles. The summed E-state index contributed by atoms with van der Waals surface area (Å²) in [6.45, 7) is 1.95. The third-order valence-corrected chi connectivity index (χ3v) is 4.95. The molecule has 1 N–H and O–H groups in total. The van der Waals surface area contributed by atoms with Crippen molar-refractivity contribution < 1.29 is 19.1 Å². The first-order valence-corrected chi connectivity index (χ1v) is 9.90. The number of carbonyl (C=O) groups excluding carboxylic acids is 2. The molecule has 0 saturated heterocycles. The van der Waals surface area contributed by atoms with Crippen molar-refractivity contribution in [2.45, 2.75) is 57.8 Å². The van der Waals surface area contributed by atoms with Crippen LogP contribution in [0.3, 0.4) is 0 Å². The van der Waals surface area contributed by atoms with E-state index in [9.17, 15) is 9.59 Å². The highest BCUT2D eigenvalue weighted by Crippen LogP contribution is 2.21. The van der Waals surface area contributed by atoms with Crippen LogP contribution in [0.5, 0.6) is 5.75 Å². The van der Waals surface area contributed by atoms with E-state index >= 15 is 0 Å². The van der Waals surface area contributed by atoms with E-state index < -0.39 is 12.1 Å². The van der Waals surface area contributed by atoms with E-state index in [-0.39, 0.29) is 11.9 Å². The van der Waals surface area contributed by atoms with Crippen molar-refractivity contribution in [2.24, 2.45) is 0 Å². The first-order valence-electron chi connectivity index (χ1n) is 9.90. The number of ether oxygens (including phenoxy) is 2. The van der Waals surface area contributed by atoms with Crippen LogP contribution in [0.25, 0.3) is 0 Å². The summed E-state index contributed by atoms with van der Waals surface area (Å²) in [5.74, 6) is -0.367. The minimum Gasteiger partial charge on any atom is -0.488 e. The smallest absolute Gasteiger partial charge is 0.342 e. The average Bonchev–Trinajstić information content (AvgIpc) is 2.74. The first kappa shape index (κ1) is 19.9. The Morgan fingerprint density at radius 3 is 2.43 bits per heavy atom. The standard InChI is InChI=1S/C23H27NO4/c1-17(22(25)24-19-12-6-3-7-13-19)28-23(26)20-14-8-9-15-21(20)27-16-18-10-4-2-5-11-18/h2,4-5,8-11,14-15,17,19H,3,6-7,12-13,16H2,1H3,(H,24,25). The molecule has 0 aromatic heterocycles. The Labute approximate surface area is 166 Å². The quantitative estimate of drug-likeness (QED) is 0.728. The maximum atomic E-state index is 12.6. The van der Waals surface area contributed by atoms with Gasteiger partial charge in [-0.15, -0.1) is 0 Å². The van der Waals surface area contributed by atoms with Crippen LogP contribution in [-0.4, -0.2) is 24.0 Å². The third kappa shape index (κ3) is 5.59. The molecule has 1 aliphatic carbocycles. The molecule has 0 aliphatic heterocycles. The zero-order valence-corrected chi connectivity index (χ0v) is 16.2. The number of esters is 1. The maximum Gasteiger partial charge on any atom is 0.342 e. The van der Waals surface area contributed by atoms with E-state index in [1.807, 2.05) is 30.3 Å². The van der Waals surface area contributed by atoms with Gasteiger partial charge in [-0.05, 0) is 37.5 Å². The summed E-state index contributed by atoms with van der Waals surface area (Å²) in [4.78, 5) is 25.0. The number of benzene rings is 2. The molecule has 1 saturated carbocycles. The van der Waals surface area contributed by atoms with Crippen LogP contribution in [0.15, 0.2) is 54.6 Å². The molecule has 5 heteroatoms. The number of hydrogen-bond donors (Lipinski definition) is 1. The summed E-state index contributed by atoms with van der Waals surface area (Å²) in [5.41, 5.74) is 1.32. The second kappa shape index (κ2) is 9.93. The number of amides is 1. The van der Waals surface area contributed by atoms with E-state index in [0.29, 0.717) is 17.9 Å². The summed E-state index contributed by atoms with van der Waals surface area (Å²) in [6.07, 6.45) is 4.61. The summed E-state index contributed by atoms with van der Waals surface area (Å²) in [5, 5.41) is 2.99. The first-order chi connectivity index (χ1) is 13.6. The second-order valence-electron chi connectivity index (χ2n) is 7.16.